The lowest BCUT2D eigenvalue weighted by Gasteiger charge is -2.05. The number of hydrogen-bond donors (Lipinski definition) is 0. The van der Waals surface area contributed by atoms with E-state index in [2.05, 4.69) is 31.9 Å². The number of fused-ring (bicyclic) bond motifs is 1. The van der Waals surface area contributed by atoms with Crippen molar-refractivity contribution in [2.45, 2.75) is 26.8 Å². The molecule has 0 saturated heterocycles. The van der Waals surface area contributed by atoms with Crippen molar-refractivity contribution in [1.82, 2.24) is 9.78 Å². The van der Waals surface area contributed by atoms with Crippen molar-refractivity contribution in [3.8, 4) is 0 Å². The molecule has 2 rings (SSSR count). The van der Waals surface area contributed by atoms with E-state index >= 15 is 0 Å². The van der Waals surface area contributed by atoms with Crippen LogP contribution in [-0.2, 0) is 0 Å². The van der Waals surface area contributed by atoms with Crippen molar-refractivity contribution in [2.24, 2.45) is 0 Å². The molecule has 2 aromatic rings. The van der Waals surface area contributed by atoms with E-state index in [9.17, 15) is 0 Å². The lowest BCUT2D eigenvalue weighted by Crippen LogP contribution is -2.01. The van der Waals surface area contributed by atoms with Crippen molar-refractivity contribution < 1.29 is 0 Å². The van der Waals surface area contributed by atoms with Gasteiger partial charge in [-0.25, -0.2) is 0 Å². The number of aromatic nitrogens is 2. The van der Waals surface area contributed by atoms with Gasteiger partial charge in [0.05, 0.1) is 5.52 Å². The average molecular weight is 209 g/mol. The van der Waals surface area contributed by atoms with Gasteiger partial charge in [-0.3, -0.25) is 4.68 Å². The highest BCUT2D eigenvalue weighted by molar-refractivity contribution is 6.34. The van der Waals surface area contributed by atoms with Crippen LogP contribution < -0.4 is 0 Å². The van der Waals surface area contributed by atoms with Gasteiger partial charge in [-0.1, -0.05) is 23.7 Å². The highest BCUT2D eigenvalue weighted by Gasteiger charge is 2.12. The van der Waals surface area contributed by atoms with Gasteiger partial charge in [-0.05, 0) is 32.4 Å². The van der Waals surface area contributed by atoms with Gasteiger partial charge in [-0.15, -0.1) is 0 Å². The molecule has 0 spiro atoms. The van der Waals surface area contributed by atoms with Gasteiger partial charge in [0.15, 0.2) is 0 Å². The Kier molecular flexibility index (Phi) is 2.23. The fourth-order valence-electron chi connectivity index (χ4n) is 1.62. The molecule has 0 bridgehead atoms. The maximum atomic E-state index is 6.26. The molecule has 0 aliphatic rings. The van der Waals surface area contributed by atoms with Gasteiger partial charge in [-0.2, -0.15) is 5.10 Å². The number of halogens is 1. The van der Waals surface area contributed by atoms with E-state index in [-0.39, 0.29) is 0 Å². The Bertz CT molecular complexity index is 471. The molecular weight excluding hydrogens is 196 g/mol. The van der Waals surface area contributed by atoms with Crippen LogP contribution in [0.3, 0.4) is 0 Å². The fraction of sp³-hybridized carbons (Fsp3) is 0.364. The standard InChI is InChI=1S/C11H13ClN2/c1-7(2)14-11(12)10-8(3)5-4-6-9(10)13-14/h4-7H,1-3H3. The Hall–Kier alpha value is -1.02. The third kappa shape index (κ3) is 1.30. The van der Waals surface area contributed by atoms with Crippen LogP contribution in [0.1, 0.15) is 25.5 Å². The van der Waals surface area contributed by atoms with Crippen LogP contribution in [0.5, 0.6) is 0 Å². The largest absolute Gasteiger partial charge is 0.250 e. The topological polar surface area (TPSA) is 17.8 Å². The zero-order valence-electron chi connectivity index (χ0n) is 8.58. The van der Waals surface area contributed by atoms with Crippen LogP contribution in [0.25, 0.3) is 10.9 Å². The lowest BCUT2D eigenvalue weighted by molar-refractivity contribution is 0.538. The number of benzene rings is 1. The van der Waals surface area contributed by atoms with Crippen LogP contribution in [0.15, 0.2) is 18.2 Å². The number of aryl methyl sites for hydroxylation is 1. The summed E-state index contributed by atoms with van der Waals surface area (Å²) in [6, 6.07) is 6.36. The molecule has 0 amide bonds. The van der Waals surface area contributed by atoms with Gasteiger partial charge >= 0.3 is 0 Å². The van der Waals surface area contributed by atoms with Crippen LogP contribution in [0.2, 0.25) is 5.15 Å². The number of nitrogens with zero attached hydrogens (tertiary/aromatic N) is 2. The molecule has 1 heterocycles. The van der Waals surface area contributed by atoms with E-state index in [4.69, 9.17) is 11.6 Å². The summed E-state index contributed by atoms with van der Waals surface area (Å²) in [5.41, 5.74) is 2.16. The second-order valence-electron chi connectivity index (χ2n) is 3.80. The van der Waals surface area contributed by atoms with Crippen molar-refractivity contribution in [2.75, 3.05) is 0 Å². The van der Waals surface area contributed by atoms with Gasteiger partial charge < -0.3 is 0 Å². The number of rotatable bonds is 1. The molecule has 3 heteroatoms. The summed E-state index contributed by atoms with van der Waals surface area (Å²) < 4.78 is 1.86. The zero-order valence-corrected chi connectivity index (χ0v) is 9.34. The van der Waals surface area contributed by atoms with Gasteiger partial charge in [0.1, 0.15) is 5.15 Å². The Morgan fingerprint density at radius 2 is 2.07 bits per heavy atom. The van der Waals surface area contributed by atoms with E-state index in [1.165, 1.54) is 5.56 Å². The smallest absolute Gasteiger partial charge is 0.135 e. The summed E-state index contributed by atoms with van der Waals surface area (Å²) in [4.78, 5) is 0. The van der Waals surface area contributed by atoms with Crippen LogP contribution in [0.4, 0.5) is 0 Å². The first-order valence-electron chi connectivity index (χ1n) is 4.74. The highest BCUT2D eigenvalue weighted by atomic mass is 35.5. The Labute approximate surface area is 88.5 Å². The van der Waals surface area contributed by atoms with E-state index in [1.54, 1.807) is 0 Å². The molecule has 0 fully saturated rings. The third-order valence-electron chi connectivity index (χ3n) is 2.36. The first-order valence-corrected chi connectivity index (χ1v) is 5.12. The van der Waals surface area contributed by atoms with Crippen LogP contribution >= 0.6 is 11.6 Å². The van der Waals surface area contributed by atoms with Gasteiger partial charge in [0, 0.05) is 11.4 Å². The molecule has 1 aromatic heterocycles. The Morgan fingerprint density at radius 1 is 1.36 bits per heavy atom. The quantitative estimate of drug-likeness (QED) is 0.701. The summed E-state index contributed by atoms with van der Waals surface area (Å²) in [6.45, 7) is 6.21. The molecule has 74 valence electrons. The summed E-state index contributed by atoms with van der Waals surface area (Å²) in [5, 5.41) is 6.27. The minimum absolute atomic E-state index is 0.300. The first kappa shape index (κ1) is 9.53. The molecule has 1 aromatic carbocycles. The van der Waals surface area contributed by atoms with Crippen molar-refractivity contribution in [3.63, 3.8) is 0 Å². The maximum Gasteiger partial charge on any atom is 0.135 e. The van der Waals surface area contributed by atoms with Crippen molar-refractivity contribution in [3.05, 3.63) is 28.9 Å². The molecular formula is C11H13ClN2. The molecule has 0 unspecified atom stereocenters. The molecule has 0 saturated carbocycles. The molecule has 0 aliphatic heterocycles. The lowest BCUT2D eigenvalue weighted by atomic mass is 10.1. The second-order valence-corrected chi connectivity index (χ2v) is 4.16. The van der Waals surface area contributed by atoms with Gasteiger partial charge in [0.2, 0.25) is 0 Å². The highest BCUT2D eigenvalue weighted by Crippen LogP contribution is 2.28. The normalized spacial score (nSPS) is 11.5. The summed E-state index contributed by atoms with van der Waals surface area (Å²) in [7, 11) is 0. The Morgan fingerprint density at radius 3 is 2.64 bits per heavy atom. The number of hydrogen-bond acceptors (Lipinski definition) is 1. The fourth-order valence-corrected chi connectivity index (χ4v) is 2.10. The predicted octanol–water partition coefficient (Wildman–Crippen LogP) is 3.58. The Balaban J connectivity index is 2.81. The van der Waals surface area contributed by atoms with E-state index in [0.29, 0.717) is 6.04 Å². The SMILES string of the molecule is Cc1cccc2nn(C(C)C)c(Cl)c12. The van der Waals surface area contributed by atoms with E-state index in [1.807, 2.05) is 16.8 Å². The molecule has 14 heavy (non-hydrogen) atoms. The van der Waals surface area contributed by atoms with Crippen molar-refractivity contribution >= 4 is 22.5 Å². The van der Waals surface area contributed by atoms with Crippen LogP contribution in [0, 0.1) is 6.92 Å². The summed E-state index contributed by atoms with van der Waals surface area (Å²) in [5.74, 6) is 0. The van der Waals surface area contributed by atoms with E-state index < -0.39 is 0 Å². The summed E-state index contributed by atoms with van der Waals surface area (Å²) in [6.07, 6.45) is 0. The zero-order chi connectivity index (χ0) is 10.3. The molecule has 2 nitrogen and oxygen atoms in total. The van der Waals surface area contributed by atoms with Crippen molar-refractivity contribution in [1.29, 1.82) is 0 Å². The molecule has 0 atom stereocenters. The van der Waals surface area contributed by atoms with Gasteiger partial charge in [0.25, 0.3) is 0 Å². The maximum absolute atomic E-state index is 6.26. The summed E-state index contributed by atoms with van der Waals surface area (Å²) >= 11 is 6.26. The molecule has 0 radical (unpaired) electrons. The minimum Gasteiger partial charge on any atom is -0.250 e. The third-order valence-corrected chi connectivity index (χ3v) is 2.73. The molecule has 0 aliphatic carbocycles. The monoisotopic (exact) mass is 208 g/mol. The predicted molar refractivity (Wildman–Crippen MR) is 59.9 cm³/mol. The van der Waals surface area contributed by atoms with E-state index in [0.717, 1.165) is 16.1 Å². The second kappa shape index (κ2) is 3.28. The first-order chi connectivity index (χ1) is 6.61. The molecule has 0 N–H and O–H groups in total. The van der Waals surface area contributed by atoms with Crippen LogP contribution in [-0.4, -0.2) is 9.78 Å². The average Bonchev–Trinajstić information content (AvgIpc) is 2.45. The minimum atomic E-state index is 0.300.